The molecule has 2 rings (SSSR count). The van der Waals surface area contributed by atoms with Crippen molar-refractivity contribution in [1.29, 1.82) is 0 Å². The van der Waals surface area contributed by atoms with Crippen molar-refractivity contribution in [3.8, 4) is 0 Å². The van der Waals surface area contributed by atoms with E-state index in [2.05, 4.69) is 17.1 Å². The molecule has 2 saturated heterocycles. The number of unbranched alkanes of at least 4 members (excludes halogenated alkanes) is 2. The van der Waals surface area contributed by atoms with Crippen molar-refractivity contribution in [2.24, 2.45) is 5.92 Å². The molecule has 0 aliphatic carbocycles. The van der Waals surface area contributed by atoms with Gasteiger partial charge in [0.25, 0.3) is 0 Å². The van der Waals surface area contributed by atoms with Crippen molar-refractivity contribution in [2.45, 2.75) is 45.3 Å². The van der Waals surface area contributed by atoms with Gasteiger partial charge < -0.3 is 14.8 Å². The lowest BCUT2D eigenvalue weighted by atomic mass is 9.97. The molecule has 2 heterocycles. The Kier molecular flexibility index (Phi) is 6.76. The summed E-state index contributed by atoms with van der Waals surface area (Å²) in [6.45, 7) is 6.81. The Labute approximate surface area is 122 Å². The number of rotatable bonds is 7. The van der Waals surface area contributed by atoms with Crippen molar-refractivity contribution in [2.75, 3.05) is 39.4 Å². The maximum absolute atomic E-state index is 11.9. The molecule has 1 unspecified atom stereocenters. The minimum atomic E-state index is -0.0505. The summed E-state index contributed by atoms with van der Waals surface area (Å²) in [5.74, 6) is 0.564. The summed E-state index contributed by atoms with van der Waals surface area (Å²) in [4.78, 5) is 14.1. The van der Waals surface area contributed by atoms with Crippen LogP contribution >= 0.6 is 0 Å². The normalized spacial score (nSPS) is 24.9. The van der Waals surface area contributed by atoms with Gasteiger partial charge >= 0.3 is 0 Å². The monoisotopic (exact) mass is 284 g/mol. The maximum atomic E-state index is 11.9. The van der Waals surface area contributed by atoms with E-state index in [1.165, 1.54) is 12.8 Å². The van der Waals surface area contributed by atoms with Gasteiger partial charge in [0.05, 0.1) is 19.8 Å². The maximum Gasteiger partial charge on any atom is 0.234 e. The standard InChI is InChI=1S/C15H28N2O3/c1-2-3-4-7-16-14(18)12-17-8-5-6-13(11-17)15-19-9-10-20-15/h13,15H,2-12H2,1H3,(H,16,18). The van der Waals surface area contributed by atoms with Crippen LogP contribution < -0.4 is 5.32 Å². The van der Waals surface area contributed by atoms with Crippen molar-refractivity contribution < 1.29 is 14.3 Å². The Balaban J connectivity index is 1.65. The smallest absolute Gasteiger partial charge is 0.234 e. The Hall–Kier alpha value is -0.650. The molecule has 2 aliphatic rings. The summed E-state index contributed by atoms with van der Waals surface area (Å²) in [7, 11) is 0. The van der Waals surface area contributed by atoms with E-state index in [0.717, 1.165) is 38.9 Å². The molecule has 0 radical (unpaired) electrons. The molecule has 1 amide bonds. The zero-order valence-electron chi connectivity index (χ0n) is 12.6. The second-order valence-electron chi connectivity index (χ2n) is 5.80. The van der Waals surface area contributed by atoms with E-state index in [1.807, 2.05) is 0 Å². The summed E-state index contributed by atoms with van der Waals surface area (Å²) in [6.07, 6.45) is 5.66. The van der Waals surface area contributed by atoms with E-state index in [1.54, 1.807) is 0 Å². The molecule has 0 bridgehead atoms. The van der Waals surface area contributed by atoms with Crippen LogP contribution in [0.2, 0.25) is 0 Å². The molecule has 0 aromatic heterocycles. The average molecular weight is 284 g/mol. The predicted octanol–water partition coefficient (Wildman–Crippen LogP) is 1.38. The molecule has 1 atom stereocenters. The lowest BCUT2D eigenvalue weighted by Gasteiger charge is -2.34. The number of piperidine rings is 1. The number of hydrogen-bond acceptors (Lipinski definition) is 4. The van der Waals surface area contributed by atoms with Gasteiger partial charge in [-0.15, -0.1) is 0 Å². The van der Waals surface area contributed by atoms with Gasteiger partial charge in [0, 0.05) is 19.0 Å². The van der Waals surface area contributed by atoms with Crippen LogP contribution in [0.3, 0.4) is 0 Å². The largest absolute Gasteiger partial charge is 0.355 e. The van der Waals surface area contributed by atoms with Gasteiger partial charge in [-0.25, -0.2) is 0 Å². The Morgan fingerprint density at radius 3 is 2.85 bits per heavy atom. The molecule has 5 nitrogen and oxygen atoms in total. The number of ether oxygens (including phenoxy) is 2. The average Bonchev–Trinajstić information content (AvgIpc) is 2.98. The molecular formula is C15H28N2O3. The summed E-state index contributed by atoms with van der Waals surface area (Å²) in [5.41, 5.74) is 0. The van der Waals surface area contributed by atoms with Crippen LogP contribution in [-0.4, -0.2) is 56.5 Å². The third kappa shape index (κ3) is 5.04. The first-order valence-electron chi connectivity index (χ1n) is 8.02. The molecule has 0 saturated carbocycles. The molecule has 5 heteroatoms. The van der Waals surface area contributed by atoms with Crippen molar-refractivity contribution in [3.05, 3.63) is 0 Å². The minimum Gasteiger partial charge on any atom is -0.355 e. The Morgan fingerprint density at radius 1 is 1.30 bits per heavy atom. The molecule has 1 N–H and O–H groups in total. The molecule has 0 aromatic carbocycles. The molecule has 2 aliphatic heterocycles. The molecular weight excluding hydrogens is 256 g/mol. The first kappa shape index (κ1) is 15.7. The number of hydrogen-bond donors (Lipinski definition) is 1. The highest BCUT2D eigenvalue weighted by Crippen LogP contribution is 2.24. The van der Waals surface area contributed by atoms with Gasteiger partial charge in [0.15, 0.2) is 6.29 Å². The first-order chi connectivity index (χ1) is 9.79. The Morgan fingerprint density at radius 2 is 2.10 bits per heavy atom. The van der Waals surface area contributed by atoms with Crippen LogP contribution in [0.1, 0.15) is 39.0 Å². The number of carbonyl (C=O) groups excluding carboxylic acids is 1. The third-order valence-electron chi connectivity index (χ3n) is 4.04. The number of likely N-dealkylation sites (tertiary alicyclic amines) is 1. The van der Waals surface area contributed by atoms with Crippen molar-refractivity contribution >= 4 is 5.91 Å². The van der Waals surface area contributed by atoms with Crippen LogP contribution in [0.4, 0.5) is 0 Å². The van der Waals surface area contributed by atoms with Crippen molar-refractivity contribution in [1.82, 2.24) is 10.2 Å². The van der Waals surface area contributed by atoms with Gasteiger partial charge in [-0.05, 0) is 25.8 Å². The van der Waals surface area contributed by atoms with E-state index < -0.39 is 0 Å². The van der Waals surface area contributed by atoms with Gasteiger partial charge in [-0.1, -0.05) is 19.8 Å². The zero-order chi connectivity index (χ0) is 14.2. The second kappa shape index (κ2) is 8.60. The van der Waals surface area contributed by atoms with Crippen LogP contribution in [0, 0.1) is 5.92 Å². The highest BCUT2D eigenvalue weighted by atomic mass is 16.7. The number of carbonyl (C=O) groups is 1. The van der Waals surface area contributed by atoms with Crippen LogP contribution in [0.15, 0.2) is 0 Å². The fraction of sp³-hybridized carbons (Fsp3) is 0.933. The first-order valence-corrected chi connectivity index (χ1v) is 8.02. The summed E-state index contributed by atoms with van der Waals surface area (Å²) < 4.78 is 11.2. The highest BCUT2D eigenvalue weighted by molar-refractivity contribution is 5.77. The number of nitrogens with zero attached hydrogens (tertiary/aromatic N) is 1. The van der Waals surface area contributed by atoms with Gasteiger partial charge in [0.1, 0.15) is 0 Å². The fourth-order valence-corrected chi connectivity index (χ4v) is 2.97. The molecule has 0 aromatic rings. The summed E-state index contributed by atoms with van der Waals surface area (Å²) in [5, 5.41) is 3.01. The third-order valence-corrected chi connectivity index (χ3v) is 4.04. The lowest BCUT2D eigenvalue weighted by Crippen LogP contribution is -2.45. The quantitative estimate of drug-likeness (QED) is 0.718. The van der Waals surface area contributed by atoms with E-state index >= 15 is 0 Å². The summed E-state index contributed by atoms with van der Waals surface area (Å²) in [6, 6.07) is 0. The predicted molar refractivity (Wildman–Crippen MR) is 77.4 cm³/mol. The van der Waals surface area contributed by atoms with E-state index in [-0.39, 0.29) is 12.2 Å². The molecule has 2 fully saturated rings. The van der Waals surface area contributed by atoms with Gasteiger partial charge in [-0.3, -0.25) is 9.69 Å². The summed E-state index contributed by atoms with van der Waals surface area (Å²) >= 11 is 0. The van der Waals surface area contributed by atoms with Crippen LogP contribution in [0.25, 0.3) is 0 Å². The van der Waals surface area contributed by atoms with Gasteiger partial charge in [-0.2, -0.15) is 0 Å². The van der Waals surface area contributed by atoms with Crippen LogP contribution in [-0.2, 0) is 14.3 Å². The SMILES string of the molecule is CCCCCNC(=O)CN1CCCC(C2OCCO2)C1. The molecule has 0 spiro atoms. The lowest BCUT2D eigenvalue weighted by molar-refractivity contribution is -0.125. The minimum absolute atomic E-state index is 0.0505. The topological polar surface area (TPSA) is 50.8 Å². The fourth-order valence-electron chi connectivity index (χ4n) is 2.97. The van der Waals surface area contributed by atoms with Gasteiger partial charge in [0.2, 0.25) is 5.91 Å². The van der Waals surface area contributed by atoms with E-state index in [9.17, 15) is 4.79 Å². The van der Waals surface area contributed by atoms with Crippen molar-refractivity contribution in [3.63, 3.8) is 0 Å². The highest BCUT2D eigenvalue weighted by Gasteiger charge is 2.31. The molecule has 20 heavy (non-hydrogen) atoms. The molecule has 116 valence electrons. The van der Waals surface area contributed by atoms with E-state index in [0.29, 0.717) is 25.7 Å². The Bertz CT molecular complexity index is 293. The van der Waals surface area contributed by atoms with Crippen LogP contribution in [0.5, 0.6) is 0 Å². The zero-order valence-corrected chi connectivity index (χ0v) is 12.6. The van der Waals surface area contributed by atoms with E-state index in [4.69, 9.17) is 9.47 Å². The number of nitrogens with one attached hydrogen (secondary N) is 1. The second-order valence-corrected chi connectivity index (χ2v) is 5.80. The number of amides is 1.